The number of aryl methyl sites for hydroxylation is 1. The van der Waals surface area contributed by atoms with Gasteiger partial charge >= 0.3 is 0 Å². The number of likely N-dealkylation sites (tertiary alicyclic amines) is 1. The summed E-state index contributed by atoms with van der Waals surface area (Å²) in [6.07, 6.45) is 2.49. The molecule has 16 heavy (non-hydrogen) atoms. The van der Waals surface area contributed by atoms with Gasteiger partial charge in [-0.3, -0.25) is 15.0 Å². The molecule has 2 rings (SSSR count). The smallest absolute Gasteiger partial charge is 0.270 e. The van der Waals surface area contributed by atoms with Crippen LogP contribution in [-0.2, 0) is 6.54 Å². The molecular weight excluding hydrogens is 204 g/mol. The van der Waals surface area contributed by atoms with Crippen molar-refractivity contribution in [2.75, 3.05) is 13.1 Å². The number of non-ortho nitro benzene ring substituents is 1. The highest BCUT2D eigenvalue weighted by Crippen LogP contribution is 2.19. The highest BCUT2D eigenvalue weighted by Gasteiger charge is 2.14. The molecule has 0 spiro atoms. The molecule has 1 aliphatic rings. The van der Waals surface area contributed by atoms with Crippen LogP contribution in [0.4, 0.5) is 5.69 Å². The lowest BCUT2D eigenvalue weighted by Crippen LogP contribution is -2.18. The van der Waals surface area contributed by atoms with E-state index >= 15 is 0 Å². The molecule has 4 nitrogen and oxygen atoms in total. The Hall–Kier alpha value is -1.42. The minimum absolute atomic E-state index is 0.203. The third-order valence-corrected chi connectivity index (χ3v) is 2.94. The molecule has 1 aromatic rings. The number of rotatable bonds is 3. The van der Waals surface area contributed by atoms with Crippen LogP contribution >= 0.6 is 0 Å². The van der Waals surface area contributed by atoms with Crippen molar-refractivity contribution >= 4 is 5.69 Å². The Bertz CT molecular complexity index is 398. The summed E-state index contributed by atoms with van der Waals surface area (Å²) in [5.41, 5.74) is 2.21. The molecule has 0 N–H and O–H groups in total. The van der Waals surface area contributed by atoms with Crippen molar-refractivity contribution in [1.29, 1.82) is 0 Å². The summed E-state index contributed by atoms with van der Waals surface area (Å²) >= 11 is 0. The van der Waals surface area contributed by atoms with Crippen LogP contribution in [0.5, 0.6) is 0 Å². The van der Waals surface area contributed by atoms with E-state index in [1.54, 1.807) is 12.1 Å². The van der Waals surface area contributed by atoms with Gasteiger partial charge in [0.2, 0.25) is 0 Å². The normalized spacial score (nSPS) is 16.6. The number of hydrogen-bond acceptors (Lipinski definition) is 3. The van der Waals surface area contributed by atoms with Crippen molar-refractivity contribution in [3.8, 4) is 0 Å². The minimum Gasteiger partial charge on any atom is -0.299 e. The van der Waals surface area contributed by atoms with Crippen molar-refractivity contribution in [1.82, 2.24) is 4.90 Å². The van der Waals surface area contributed by atoms with Gasteiger partial charge in [0, 0.05) is 18.7 Å². The van der Waals surface area contributed by atoms with E-state index in [4.69, 9.17) is 0 Å². The third-order valence-electron chi connectivity index (χ3n) is 2.94. The average Bonchev–Trinajstić information content (AvgIpc) is 2.69. The maximum absolute atomic E-state index is 10.7. The lowest BCUT2D eigenvalue weighted by molar-refractivity contribution is -0.385. The Morgan fingerprint density at radius 2 is 2.00 bits per heavy atom. The Morgan fingerprint density at radius 1 is 1.31 bits per heavy atom. The molecule has 0 bridgehead atoms. The van der Waals surface area contributed by atoms with E-state index in [1.807, 2.05) is 13.0 Å². The standard InChI is InChI=1S/C12H16N2O2/c1-10-6-11(8-12(7-10)14(15)16)9-13-4-2-3-5-13/h6-8H,2-5,9H2,1H3. The van der Waals surface area contributed by atoms with E-state index in [1.165, 1.54) is 12.8 Å². The molecular formula is C12H16N2O2. The molecule has 1 saturated heterocycles. The first kappa shape index (κ1) is 11.1. The van der Waals surface area contributed by atoms with Crippen LogP contribution < -0.4 is 0 Å². The minimum atomic E-state index is -0.319. The highest BCUT2D eigenvalue weighted by molar-refractivity contribution is 5.38. The lowest BCUT2D eigenvalue weighted by Gasteiger charge is -2.14. The fourth-order valence-electron chi connectivity index (χ4n) is 2.24. The highest BCUT2D eigenvalue weighted by atomic mass is 16.6. The van der Waals surface area contributed by atoms with Crippen molar-refractivity contribution in [3.63, 3.8) is 0 Å². The lowest BCUT2D eigenvalue weighted by atomic mass is 10.1. The van der Waals surface area contributed by atoms with Gasteiger partial charge in [-0.25, -0.2) is 0 Å². The largest absolute Gasteiger partial charge is 0.299 e. The zero-order chi connectivity index (χ0) is 11.5. The van der Waals surface area contributed by atoms with Crippen LogP contribution in [0.1, 0.15) is 24.0 Å². The van der Waals surface area contributed by atoms with Crippen LogP contribution in [-0.4, -0.2) is 22.9 Å². The van der Waals surface area contributed by atoms with Gasteiger partial charge in [-0.05, 0) is 44.0 Å². The Labute approximate surface area is 95.0 Å². The molecule has 0 radical (unpaired) electrons. The van der Waals surface area contributed by atoms with Gasteiger partial charge in [0.1, 0.15) is 0 Å². The Balaban J connectivity index is 2.16. The Kier molecular flexibility index (Phi) is 3.19. The first-order valence-corrected chi connectivity index (χ1v) is 5.62. The van der Waals surface area contributed by atoms with E-state index in [-0.39, 0.29) is 10.6 Å². The third kappa shape index (κ3) is 2.58. The predicted octanol–water partition coefficient (Wildman–Crippen LogP) is 2.50. The number of hydrogen-bond donors (Lipinski definition) is 0. The molecule has 0 aliphatic carbocycles. The van der Waals surface area contributed by atoms with E-state index < -0.39 is 0 Å². The van der Waals surface area contributed by atoms with E-state index in [2.05, 4.69) is 4.90 Å². The quantitative estimate of drug-likeness (QED) is 0.580. The summed E-state index contributed by atoms with van der Waals surface area (Å²) < 4.78 is 0. The number of nitro groups is 1. The van der Waals surface area contributed by atoms with Gasteiger partial charge in [0.15, 0.2) is 0 Å². The van der Waals surface area contributed by atoms with Gasteiger partial charge < -0.3 is 0 Å². The molecule has 0 atom stereocenters. The first-order valence-electron chi connectivity index (χ1n) is 5.62. The second kappa shape index (κ2) is 4.61. The van der Waals surface area contributed by atoms with Crippen molar-refractivity contribution in [2.24, 2.45) is 0 Å². The second-order valence-electron chi connectivity index (χ2n) is 4.42. The summed E-state index contributed by atoms with van der Waals surface area (Å²) in [5.74, 6) is 0. The summed E-state index contributed by atoms with van der Waals surface area (Å²) in [7, 11) is 0. The zero-order valence-electron chi connectivity index (χ0n) is 9.48. The van der Waals surface area contributed by atoms with E-state index in [9.17, 15) is 10.1 Å². The van der Waals surface area contributed by atoms with Crippen molar-refractivity contribution < 1.29 is 4.92 Å². The molecule has 1 fully saturated rings. The van der Waals surface area contributed by atoms with Gasteiger partial charge in [0.25, 0.3) is 5.69 Å². The van der Waals surface area contributed by atoms with Crippen molar-refractivity contribution in [2.45, 2.75) is 26.3 Å². The zero-order valence-corrected chi connectivity index (χ0v) is 9.48. The summed E-state index contributed by atoms with van der Waals surface area (Å²) in [4.78, 5) is 12.8. The topological polar surface area (TPSA) is 46.4 Å². The molecule has 1 aliphatic heterocycles. The molecule has 1 aromatic carbocycles. The molecule has 1 heterocycles. The number of nitrogens with zero attached hydrogens (tertiary/aromatic N) is 2. The fourth-order valence-corrected chi connectivity index (χ4v) is 2.24. The van der Waals surface area contributed by atoms with Crippen LogP contribution in [0.25, 0.3) is 0 Å². The van der Waals surface area contributed by atoms with E-state index in [0.717, 1.165) is 30.8 Å². The molecule has 0 amide bonds. The molecule has 4 heteroatoms. The monoisotopic (exact) mass is 220 g/mol. The molecule has 0 aromatic heterocycles. The molecule has 0 unspecified atom stereocenters. The summed E-state index contributed by atoms with van der Waals surface area (Å²) in [6, 6.07) is 5.34. The average molecular weight is 220 g/mol. The maximum atomic E-state index is 10.7. The number of nitro benzene ring substituents is 1. The van der Waals surface area contributed by atoms with Crippen molar-refractivity contribution in [3.05, 3.63) is 39.4 Å². The van der Waals surface area contributed by atoms with Crippen LogP contribution in [0, 0.1) is 17.0 Å². The maximum Gasteiger partial charge on any atom is 0.270 e. The van der Waals surface area contributed by atoms with Gasteiger partial charge in [0.05, 0.1) is 4.92 Å². The summed E-state index contributed by atoms with van der Waals surface area (Å²) in [5, 5.41) is 10.7. The van der Waals surface area contributed by atoms with Crippen LogP contribution in [0.2, 0.25) is 0 Å². The molecule has 86 valence electrons. The second-order valence-corrected chi connectivity index (χ2v) is 4.42. The fraction of sp³-hybridized carbons (Fsp3) is 0.500. The predicted molar refractivity (Wildman–Crippen MR) is 62.3 cm³/mol. The van der Waals surface area contributed by atoms with E-state index in [0.29, 0.717) is 0 Å². The summed E-state index contributed by atoms with van der Waals surface area (Å²) in [6.45, 7) is 4.96. The Morgan fingerprint density at radius 3 is 2.62 bits per heavy atom. The van der Waals surface area contributed by atoms with Crippen LogP contribution in [0.15, 0.2) is 18.2 Å². The first-order chi connectivity index (χ1) is 7.65. The number of benzene rings is 1. The van der Waals surface area contributed by atoms with Gasteiger partial charge in [-0.15, -0.1) is 0 Å². The van der Waals surface area contributed by atoms with Crippen LogP contribution in [0.3, 0.4) is 0 Å². The molecule has 0 saturated carbocycles. The SMILES string of the molecule is Cc1cc(CN2CCCC2)cc([N+](=O)[O-])c1. The van der Waals surface area contributed by atoms with Gasteiger partial charge in [-0.1, -0.05) is 6.07 Å². The van der Waals surface area contributed by atoms with Gasteiger partial charge in [-0.2, -0.15) is 0 Å².